The highest BCUT2D eigenvalue weighted by Crippen LogP contribution is 2.55. The summed E-state index contributed by atoms with van der Waals surface area (Å²) >= 11 is 0. The van der Waals surface area contributed by atoms with Gasteiger partial charge in [-0.15, -0.1) is 0 Å². The van der Waals surface area contributed by atoms with E-state index in [1.54, 1.807) is 27.0 Å². The monoisotopic (exact) mass is 533 g/mol. The van der Waals surface area contributed by atoms with E-state index in [1.165, 1.54) is 6.07 Å². The molecule has 3 aliphatic carbocycles. The normalized spacial score (nSPS) is 26.4. The number of carbonyl (C=O) groups is 3. The molecule has 6 N–H and O–H groups in total. The topological polar surface area (TPSA) is 167 Å². The molecule has 1 amide bonds. The standard InChI is InChI=1S/C30H31NO8/c1-13(2)21-19-11-16-10-18-17(15-6-4-5-14(9-15)12-39-3)7-8-20(32)23(18)26(34)22(16)27(35)30(19,38)28(36)24(25(21)33)29(31)37/h4-9,13,16,19,21,32,34,36,38H,10-12H2,1-3H3,(H2,31,37)/t16-,19-,21-,30-/m0/s1. The number of ketones is 2. The summed E-state index contributed by atoms with van der Waals surface area (Å²) < 4.78 is 5.25. The number of fused-ring (bicyclic) bond motifs is 3. The van der Waals surface area contributed by atoms with Gasteiger partial charge in [0.05, 0.1) is 12.2 Å². The quantitative estimate of drug-likeness (QED) is 0.365. The molecule has 0 bridgehead atoms. The molecule has 3 aliphatic rings. The lowest BCUT2D eigenvalue weighted by Gasteiger charge is -2.50. The molecule has 4 atom stereocenters. The summed E-state index contributed by atoms with van der Waals surface area (Å²) in [5, 5.41) is 44.9. The number of benzene rings is 2. The molecule has 39 heavy (non-hydrogen) atoms. The molecular weight excluding hydrogens is 502 g/mol. The highest BCUT2D eigenvalue weighted by molar-refractivity contribution is 6.23. The first-order valence-corrected chi connectivity index (χ1v) is 12.8. The second-order valence-corrected chi connectivity index (χ2v) is 10.9. The predicted molar refractivity (Wildman–Crippen MR) is 141 cm³/mol. The van der Waals surface area contributed by atoms with Gasteiger partial charge in [0.25, 0.3) is 5.91 Å². The number of aliphatic hydroxyl groups excluding tert-OH is 2. The minimum atomic E-state index is -2.62. The first-order valence-electron chi connectivity index (χ1n) is 12.8. The first kappa shape index (κ1) is 26.6. The van der Waals surface area contributed by atoms with E-state index >= 15 is 0 Å². The number of nitrogens with two attached hydrogens (primary N) is 1. The molecule has 1 fully saturated rings. The maximum Gasteiger partial charge on any atom is 0.255 e. The van der Waals surface area contributed by atoms with Crippen molar-refractivity contribution in [3.05, 3.63) is 70.0 Å². The van der Waals surface area contributed by atoms with Gasteiger partial charge >= 0.3 is 0 Å². The number of primary amides is 1. The first-order chi connectivity index (χ1) is 18.4. The van der Waals surface area contributed by atoms with Crippen LogP contribution in [0.2, 0.25) is 0 Å². The molecule has 9 heteroatoms. The average Bonchev–Trinajstić information content (AvgIpc) is 2.86. The number of rotatable bonds is 5. The van der Waals surface area contributed by atoms with Crippen LogP contribution in [0.4, 0.5) is 0 Å². The molecule has 1 saturated carbocycles. The van der Waals surface area contributed by atoms with Crippen LogP contribution in [-0.2, 0) is 32.1 Å². The third-order valence-electron chi connectivity index (χ3n) is 8.40. The van der Waals surface area contributed by atoms with Crippen molar-refractivity contribution in [3.63, 3.8) is 0 Å². The van der Waals surface area contributed by atoms with Crippen LogP contribution in [0.1, 0.15) is 37.0 Å². The zero-order valence-corrected chi connectivity index (χ0v) is 21.9. The number of hydrogen-bond acceptors (Lipinski definition) is 8. The van der Waals surface area contributed by atoms with E-state index in [2.05, 4.69) is 0 Å². The molecule has 0 unspecified atom stereocenters. The van der Waals surface area contributed by atoms with Crippen molar-refractivity contribution in [3.8, 4) is 16.9 Å². The second-order valence-electron chi connectivity index (χ2n) is 10.9. The van der Waals surface area contributed by atoms with Gasteiger partial charge < -0.3 is 30.9 Å². The third-order valence-corrected chi connectivity index (χ3v) is 8.40. The van der Waals surface area contributed by atoms with Crippen molar-refractivity contribution in [2.24, 2.45) is 29.4 Å². The van der Waals surface area contributed by atoms with Gasteiger partial charge in [-0.2, -0.15) is 0 Å². The van der Waals surface area contributed by atoms with Gasteiger partial charge in [0, 0.05) is 24.5 Å². The SMILES string of the molecule is COCc1cccc(-c2ccc(O)c3c2C[C@H]2C[C@H]4[C@H](C(C)C)C(=O)C(C(N)=O)=C(O)[C@@]4(O)C(=O)C2=C3O)c1. The van der Waals surface area contributed by atoms with Crippen molar-refractivity contribution in [2.45, 2.75) is 38.9 Å². The van der Waals surface area contributed by atoms with E-state index in [0.29, 0.717) is 12.2 Å². The van der Waals surface area contributed by atoms with Crippen LogP contribution >= 0.6 is 0 Å². The van der Waals surface area contributed by atoms with Gasteiger partial charge in [0.15, 0.2) is 11.4 Å². The summed E-state index contributed by atoms with van der Waals surface area (Å²) in [6.45, 7) is 3.86. The molecule has 2 aromatic rings. The summed E-state index contributed by atoms with van der Waals surface area (Å²) in [5.74, 6) is -7.80. The largest absolute Gasteiger partial charge is 0.508 e. The average molecular weight is 534 g/mol. The highest BCUT2D eigenvalue weighted by Gasteiger charge is 2.64. The molecule has 0 radical (unpaired) electrons. The van der Waals surface area contributed by atoms with Crippen molar-refractivity contribution in [1.82, 2.24) is 0 Å². The Morgan fingerprint density at radius 3 is 2.51 bits per heavy atom. The van der Waals surface area contributed by atoms with Gasteiger partial charge in [0.2, 0.25) is 5.78 Å². The Bertz CT molecular complexity index is 1490. The molecule has 9 nitrogen and oxygen atoms in total. The van der Waals surface area contributed by atoms with Gasteiger partial charge in [-0.3, -0.25) is 14.4 Å². The molecule has 5 rings (SSSR count). The van der Waals surface area contributed by atoms with Crippen LogP contribution in [0.5, 0.6) is 5.75 Å². The van der Waals surface area contributed by atoms with Crippen molar-refractivity contribution in [1.29, 1.82) is 0 Å². The molecular formula is C30H31NO8. The number of ether oxygens (including phenoxy) is 1. The Morgan fingerprint density at radius 1 is 1.15 bits per heavy atom. The summed E-state index contributed by atoms with van der Waals surface area (Å²) in [7, 11) is 1.60. The molecule has 0 aromatic heterocycles. The van der Waals surface area contributed by atoms with Gasteiger partial charge in [0.1, 0.15) is 22.8 Å². The number of amides is 1. The number of hydrogen-bond donors (Lipinski definition) is 5. The number of carbonyl (C=O) groups excluding carboxylic acids is 3. The maximum absolute atomic E-state index is 14.0. The number of phenolic OH excluding ortho intramolecular Hbond substituents is 1. The van der Waals surface area contributed by atoms with Crippen LogP contribution in [-0.4, -0.2) is 50.6 Å². The Morgan fingerprint density at radius 2 is 1.87 bits per heavy atom. The lowest BCUT2D eigenvalue weighted by Crippen LogP contribution is -2.62. The molecule has 0 heterocycles. The Hall–Kier alpha value is -3.95. The van der Waals surface area contributed by atoms with Crippen molar-refractivity contribution >= 4 is 23.2 Å². The van der Waals surface area contributed by atoms with Crippen LogP contribution in [0.15, 0.2) is 53.3 Å². The van der Waals surface area contributed by atoms with E-state index in [1.807, 2.05) is 24.3 Å². The number of Topliss-reactive ketones (excluding diaryl/α,β-unsaturated/α-hetero) is 2. The van der Waals surface area contributed by atoms with Crippen molar-refractivity contribution in [2.75, 3.05) is 7.11 Å². The van der Waals surface area contributed by atoms with Gasteiger partial charge in [-0.25, -0.2) is 0 Å². The molecule has 0 spiro atoms. The molecule has 0 saturated heterocycles. The van der Waals surface area contributed by atoms with E-state index in [-0.39, 0.29) is 35.6 Å². The van der Waals surface area contributed by atoms with E-state index in [0.717, 1.165) is 16.7 Å². The fourth-order valence-corrected chi connectivity index (χ4v) is 6.75. The number of aliphatic hydroxyl groups is 3. The van der Waals surface area contributed by atoms with E-state index < -0.39 is 57.9 Å². The van der Waals surface area contributed by atoms with Crippen LogP contribution < -0.4 is 5.73 Å². The third kappa shape index (κ3) is 3.79. The van der Waals surface area contributed by atoms with E-state index in [4.69, 9.17) is 10.5 Å². The number of phenols is 1. The van der Waals surface area contributed by atoms with Crippen LogP contribution in [0.25, 0.3) is 16.9 Å². The number of methoxy groups -OCH3 is 1. The van der Waals surface area contributed by atoms with E-state index in [9.17, 15) is 34.8 Å². The lowest BCUT2D eigenvalue weighted by molar-refractivity contribution is -0.155. The van der Waals surface area contributed by atoms with Gasteiger partial charge in [-0.05, 0) is 59.1 Å². The fraction of sp³-hybridized carbons (Fsp3) is 0.367. The highest BCUT2D eigenvalue weighted by atomic mass is 16.5. The van der Waals surface area contributed by atoms with Crippen molar-refractivity contribution < 1.29 is 39.5 Å². The minimum Gasteiger partial charge on any atom is -0.508 e. The molecule has 2 aromatic carbocycles. The van der Waals surface area contributed by atoms with Crippen LogP contribution in [0.3, 0.4) is 0 Å². The Kier molecular flexibility index (Phi) is 6.39. The zero-order chi connectivity index (χ0) is 28.4. The summed E-state index contributed by atoms with van der Waals surface area (Å²) in [6, 6.07) is 10.8. The fourth-order valence-electron chi connectivity index (χ4n) is 6.75. The lowest BCUT2D eigenvalue weighted by atomic mass is 9.54. The Labute approximate surface area is 225 Å². The Balaban J connectivity index is 1.72. The number of aromatic hydroxyl groups is 1. The second kappa shape index (κ2) is 9.36. The predicted octanol–water partition coefficient (Wildman–Crippen LogP) is 3.12. The van der Waals surface area contributed by atoms with Gasteiger partial charge in [-0.1, -0.05) is 38.1 Å². The van der Waals surface area contributed by atoms with Crippen LogP contribution in [0, 0.1) is 23.7 Å². The summed E-state index contributed by atoms with van der Waals surface area (Å²) in [5.41, 5.74) is 5.00. The zero-order valence-electron chi connectivity index (χ0n) is 21.9. The summed E-state index contributed by atoms with van der Waals surface area (Å²) in [6.07, 6.45) is 0.308. The maximum atomic E-state index is 14.0. The smallest absolute Gasteiger partial charge is 0.255 e. The summed E-state index contributed by atoms with van der Waals surface area (Å²) in [4.78, 5) is 39.3. The molecule has 204 valence electrons. The minimum absolute atomic E-state index is 0.0668. The molecule has 0 aliphatic heterocycles.